The molecule has 3 heterocycles. The van der Waals surface area contributed by atoms with E-state index in [1.807, 2.05) is 25.9 Å². The minimum Gasteiger partial charge on any atom is -0.459 e. The summed E-state index contributed by atoms with van der Waals surface area (Å²) < 4.78 is 47.7. The van der Waals surface area contributed by atoms with Crippen molar-refractivity contribution in [1.82, 2.24) is 4.90 Å². The Bertz CT molecular complexity index is 1100. The molecule has 0 aromatic carbocycles. The first-order valence-corrected chi connectivity index (χ1v) is 16.2. The standard InChI is InChI=1S/C30H51NO12S/c1-12-20-30(8)27(42-44(37)43-30)29(7,36)23(34)15(2)14-28(6,38-11)24(17(4)21(32)18(5)25(35)40-20)41-26-22(33)19(31(9)10)13-16(3)39-26/h15-20,22,24,26-27,33,36H,12-14H2,1-11H3/t15-,16-,17+,18-,19+,20-,22-,24-,26+,27-,28-,29-,30-,44?/m1/s1. The van der Waals surface area contributed by atoms with E-state index < -0.39 is 94.2 Å². The van der Waals surface area contributed by atoms with Gasteiger partial charge in [-0.05, 0) is 68.0 Å². The van der Waals surface area contributed by atoms with Gasteiger partial charge in [0.2, 0.25) is 0 Å². The second-order valence-electron chi connectivity index (χ2n) is 13.5. The van der Waals surface area contributed by atoms with Crippen LogP contribution in [0.15, 0.2) is 0 Å². The van der Waals surface area contributed by atoms with Crippen LogP contribution in [0.5, 0.6) is 0 Å². The molecule has 0 radical (unpaired) electrons. The largest absolute Gasteiger partial charge is 0.459 e. The number of likely N-dealkylation sites (N-methyl/N-ethyl adjacent to an activating group) is 1. The molecule has 3 saturated heterocycles. The third kappa shape index (κ3) is 6.98. The van der Waals surface area contributed by atoms with Crippen LogP contribution in [0.2, 0.25) is 0 Å². The van der Waals surface area contributed by atoms with Crippen LogP contribution in [0.4, 0.5) is 0 Å². The number of hydrogen-bond acceptors (Lipinski definition) is 13. The van der Waals surface area contributed by atoms with Crippen molar-refractivity contribution < 1.29 is 56.1 Å². The van der Waals surface area contributed by atoms with Gasteiger partial charge in [-0.25, -0.2) is 0 Å². The molecule has 0 amide bonds. The van der Waals surface area contributed by atoms with Crippen LogP contribution in [-0.4, -0.2) is 118 Å². The number of nitrogens with zero attached hydrogens (tertiary/aromatic N) is 1. The van der Waals surface area contributed by atoms with Crippen molar-refractivity contribution in [2.45, 2.75) is 134 Å². The third-order valence-corrected chi connectivity index (χ3v) is 10.5. The van der Waals surface area contributed by atoms with E-state index >= 15 is 0 Å². The predicted molar refractivity (Wildman–Crippen MR) is 158 cm³/mol. The van der Waals surface area contributed by atoms with E-state index in [-0.39, 0.29) is 25.0 Å². The average Bonchev–Trinajstić information content (AvgIpc) is 3.28. The van der Waals surface area contributed by atoms with E-state index in [0.29, 0.717) is 6.42 Å². The van der Waals surface area contributed by atoms with E-state index in [4.69, 9.17) is 27.3 Å². The molecular weight excluding hydrogens is 598 g/mol. The van der Waals surface area contributed by atoms with Crippen LogP contribution in [-0.2, 0) is 53.1 Å². The van der Waals surface area contributed by atoms with Crippen molar-refractivity contribution in [3.05, 3.63) is 0 Å². The van der Waals surface area contributed by atoms with E-state index in [2.05, 4.69) is 0 Å². The van der Waals surface area contributed by atoms with Gasteiger partial charge in [0.05, 0.1) is 17.8 Å². The highest BCUT2D eigenvalue weighted by atomic mass is 32.2. The van der Waals surface area contributed by atoms with Gasteiger partial charge in [0.1, 0.15) is 24.2 Å². The molecule has 44 heavy (non-hydrogen) atoms. The molecule has 13 nitrogen and oxygen atoms in total. The van der Waals surface area contributed by atoms with Crippen LogP contribution in [0.1, 0.15) is 74.7 Å². The first-order chi connectivity index (χ1) is 20.2. The van der Waals surface area contributed by atoms with Gasteiger partial charge in [0.15, 0.2) is 29.1 Å². The first kappa shape index (κ1) is 37.1. The summed E-state index contributed by atoms with van der Waals surface area (Å²) in [4.78, 5) is 43.2. The minimum atomic E-state index is -2.35. The van der Waals surface area contributed by atoms with Gasteiger partial charge in [-0.15, -0.1) is 0 Å². The lowest BCUT2D eigenvalue weighted by atomic mass is 9.72. The van der Waals surface area contributed by atoms with Crippen LogP contribution < -0.4 is 0 Å². The molecule has 3 aliphatic rings. The lowest BCUT2D eigenvalue weighted by Gasteiger charge is -2.47. The molecule has 254 valence electrons. The monoisotopic (exact) mass is 649 g/mol. The first-order valence-electron chi connectivity index (χ1n) is 15.2. The number of esters is 1. The Hall–Kier alpha value is -1.36. The number of Topliss-reactive ketones (excluding diaryl/α,β-unsaturated/α-hetero) is 2. The number of hydrogen-bond donors (Lipinski definition) is 2. The molecule has 3 aliphatic heterocycles. The SMILES string of the molecule is CC[C@H]1OC(=O)[C@H](C)C(=O)[C@H](C)[C@@H](O[C@@H]2O[C@H](C)C[C@H](N(C)C)[C@H]2O)[C@](C)(OC)C[C@@H](C)C(=O)[C@@](C)(O)[C@H]2OS(=O)O[C@]12C. The Morgan fingerprint density at radius 3 is 2.25 bits per heavy atom. The topological polar surface area (TPSA) is 167 Å². The third-order valence-electron chi connectivity index (χ3n) is 9.69. The van der Waals surface area contributed by atoms with Crippen LogP contribution in [0.3, 0.4) is 0 Å². The van der Waals surface area contributed by atoms with Gasteiger partial charge >= 0.3 is 17.3 Å². The summed E-state index contributed by atoms with van der Waals surface area (Å²) in [6.07, 6.45) is -5.58. The molecule has 3 rings (SSSR count). The molecule has 0 saturated carbocycles. The van der Waals surface area contributed by atoms with Gasteiger partial charge in [0, 0.05) is 25.0 Å². The van der Waals surface area contributed by atoms with Crippen molar-refractivity contribution in [1.29, 1.82) is 0 Å². The second kappa shape index (κ2) is 13.8. The summed E-state index contributed by atoms with van der Waals surface area (Å²) in [5.74, 6) is -5.23. The Balaban J connectivity index is 2.13. The van der Waals surface area contributed by atoms with Crippen molar-refractivity contribution in [3.63, 3.8) is 0 Å². The van der Waals surface area contributed by atoms with Gasteiger partial charge in [-0.2, -0.15) is 4.21 Å². The molecule has 0 bridgehead atoms. The molecular formula is C30H51NO12S. The fourth-order valence-corrected chi connectivity index (χ4v) is 8.06. The fraction of sp³-hybridized carbons (Fsp3) is 0.900. The van der Waals surface area contributed by atoms with E-state index in [0.717, 1.165) is 0 Å². The van der Waals surface area contributed by atoms with Gasteiger partial charge in [-0.3, -0.25) is 22.7 Å². The summed E-state index contributed by atoms with van der Waals surface area (Å²) in [6.45, 7) is 12.5. The maximum Gasteiger partial charge on any atom is 0.316 e. The molecule has 0 aliphatic carbocycles. The number of aliphatic hydroxyl groups excluding tert-OH is 1. The summed E-state index contributed by atoms with van der Waals surface area (Å²) in [6, 6.07) is -0.300. The number of methoxy groups -OCH3 is 1. The van der Waals surface area contributed by atoms with Gasteiger partial charge in [-0.1, -0.05) is 20.8 Å². The van der Waals surface area contributed by atoms with Crippen LogP contribution >= 0.6 is 0 Å². The lowest BCUT2D eigenvalue weighted by molar-refractivity contribution is -0.295. The summed E-state index contributed by atoms with van der Waals surface area (Å²) in [5, 5.41) is 22.9. The molecule has 1 unspecified atom stereocenters. The summed E-state index contributed by atoms with van der Waals surface area (Å²) in [5.41, 5.74) is -5.28. The zero-order chi connectivity index (χ0) is 33.5. The van der Waals surface area contributed by atoms with E-state index in [1.54, 1.807) is 27.7 Å². The quantitative estimate of drug-likeness (QED) is 0.325. The highest BCUT2D eigenvalue weighted by Gasteiger charge is 2.63. The molecule has 14 atom stereocenters. The Morgan fingerprint density at radius 2 is 1.70 bits per heavy atom. The number of cyclic esters (lactones) is 1. The highest BCUT2D eigenvalue weighted by Crippen LogP contribution is 2.43. The second-order valence-corrected chi connectivity index (χ2v) is 14.2. The zero-order valence-corrected chi connectivity index (χ0v) is 28.5. The Labute approximate surface area is 263 Å². The fourth-order valence-electron chi connectivity index (χ4n) is 7.00. The minimum absolute atomic E-state index is 0.0420. The number of carbonyl (C=O) groups is 3. The molecule has 0 aromatic rings. The molecule has 3 fully saturated rings. The van der Waals surface area contributed by atoms with E-state index in [1.165, 1.54) is 27.9 Å². The van der Waals surface area contributed by atoms with Crippen molar-refractivity contribution in [2.75, 3.05) is 21.2 Å². The number of ketones is 2. The maximum absolute atomic E-state index is 14.0. The average molecular weight is 650 g/mol. The lowest BCUT2D eigenvalue weighted by Crippen LogP contribution is -2.63. The van der Waals surface area contributed by atoms with Crippen LogP contribution in [0.25, 0.3) is 0 Å². The van der Waals surface area contributed by atoms with Crippen LogP contribution in [0, 0.1) is 17.8 Å². The Kier molecular flexibility index (Phi) is 11.6. The van der Waals surface area contributed by atoms with Gasteiger partial charge < -0.3 is 34.1 Å². The van der Waals surface area contributed by atoms with E-state index in [9.17, 15) is 28.8 Å². The smallest absolute Gasteiger partial charge is 0.316 e. The molecule has 0 spiro atoms. The normalized spacial score (nSPS) is 48.1. The van der Waals surface area contributed by atoms with Crippen molar-refractivity contribution >= 4 is 28.9 Å². The molecule has 2 N–H and O–H groups in total. The van der Waals surface area contributed by atoms with Gasteiger partial charge in [0.25, 0.3) is 0 Å². The summed E-state index contributed by atoms with van der Waals surface area (Å²) >= 11 is -2.35. The zero-order valence-electron chi connectivity index (χ0n) is 27.7. The molecule has 14 heteroatoms. The number of ether oxygens (including phenoxy) is 4. The van der Waals surface area contributed by atoms with Crippen molar-refractivity contribution in [2.24, 2.45) is 17.8 Å². The predicted octanol–water partition coefficient (Wildman–Crippen LogP) is 1.48. The highest BCUT2D eigenvalue weighted by molar-refractivity contribution is 7.75. The number of rotatable bonds is 5. The molecule has 0 aromatic heterocycles. The summed E-state index contributed by atoms with van der Waals surface area (Å²) in [7, 11) is 5.09. The Morgan fingerprint density at radius 1 is 1.09 bits per heavy atom. The maximum atomic E-state index is 14.0. The number of fused-ring (bicyclic) bond motifs is 1. The van der Waals surface area contributed by atoms with Crippen molar-refractivity contribution in [3.8, 4) is 0 Å². The number of aliphatic hydroxyl groups is 2. The number of carbonyl (C=O) groups excluding carboxylic acids is 3.